The zero-order valence-electron chi connectivity index (χ0n) is 15.7. The smallest absolute Gasteiger partial charge is 0.335 e. The van der Waals surface area contributed by atoms with Crippen LogP contribution in [0.25, 0.3) is 0 Å². The SMILES string of the molecule is CC(c1ccccc1)N(Cc1ccc(C(=O)O)cc1)S(=O)(=O)c1ccc(Cl)cc1. The average molecular weight is 430 g/mol. The molecule has 0 bridgehead atoms. The molecule has 0 spiro atoms. The molecular formula is C22H20ClNO4S. The van der Waals surface area contributed by atoms with Gasteiger partial charge in [0.2, 0.25) is 10.0 Å². The van der Waals surface area contributed by atoms with Gasteiger partial charge in [0, 0.05) is 17.6 Å². The molecule has 3 aromatic carbocycles. The van der Waals surface area contributed by atoms with Crippen LogP contribution in [-0.2, 0) is 16.6 Å². The number of rotatable bonds is 7. The lowest BCUT2D eigenvalue weighted by Crippen LogP contribution is -2.33. The van der Waals surface area contributed by atoms with Gasteiger partial charge in [-0.1, -0.05) is 54.1 Å². The summed E-state index contributed by atoms with van der Waals surface area (Å²) in [6, 6.07) is 21.2. The van der Waals surface area contributed by atoms with E-state index in [0.717, 1.165) is 5.56 Å². The molecule has 3 aromatic rings. The molecule has 1 unspecified atom stereocenters. The molecule has 7 heteroatoms. The van der Waals surface area contributed by atoms with Crippen LogP contribution >= 0.6 is 11.6 Å². The van der Waals surface area contributed by atoms with E-state index in [0.29, 0.717) is 10.6 Å². The van der Waals surface area contributed by atoms with Crippen LogP contribution in [0.3, 0.4) is 0 Å². The van der Waals surface area contributed by atoms with Gasteiger partial charge in [-0.05, 0) is 54.4 Å². The molecule has 0 fully saturated rings. The van der Waals surface area contributed by atoms with Crippen molar-refractivity contribution in [2.75, 3.05) is 0 Å². The van der Waals surface area contributed by atoms with E-state index in [1.165, 1.54) is 28.6 Å². The summed E-state index contributed by atoms with van der Waals surface area (Å²) in [5, 5.41) is 9.53. The summed E-state index contributed by atoms with van der Waals surface area (Å²) in [6.45, 7) is 1.93. The topological polar surface area (TPSA) is 74.7 Å². The van der Waals surface area contributed by atoms with E-state index in [-0.39, 0.29) is 17.0 Å². The van der Waals surface area contributed by atoms with E-state index in [1.54, 1.807) is 24.3 Å². The number of nitrogens with zero attached hydrogens (tertiary/aromatic N) is 1. The Morgan fingerprint density at radius 3 is 2.10 bits per heavy atom. The van der Waals surface area contributed by atoms with Crippen molar-refractivity contribution in [2.45, 2.75) is 24.4 Å². The van der Waals surface area contributed by atoms with Crippen LogP contribution in [0.2, 0.25) is 5.02 Å². The van der Waals surface area contributed by atoms with Gasteiger partial charge in [0.1, 0.15) is 0 Å². The van der Waals surface area contributed by atoms with Crippen LogP contribution in [0, 0.1) is 0 Å². The van der Waals surface area contributed by atoms with Gasteiger partial charge in [0.15, 0.2) is 0 Å². The first kappa shape index (κ1) is 21.0. The van der Waals surface area contributed by atoms with Crippen molar-refractivity contribution in [3.63, 3.8) is 0 Å². The van der Waals surface area contributed by atoms with Gasteiger partial charge >= 0.3 is 5.97 Å². The van der Waals surface area contributed by atoms with Crippen LogP contribution in [-0.4, -0.2) is 23.8 Å². The molecule has 0 saturated heterocycles. The van der Waals surface area contributed by atoms with Crippen molar-refractivity contribution >= 4 is 27.6 Å². The number of sulfonamides is 1. The van der Waals surface area contributed by atoms with Gasteiger partial charge in [-0.3, -0.25) is 0 Å². The zero-order chi connectivity index (χ0) is 21.0. The van der Waals surface area contributed by atoms with Crippen molar-refractivity contribution in [3.05, 3.63) is 101 Å². The van der Waals surface area contributed by atoms with E-state index >= 15 is 0 Å². The minimum Gasteiger partial charge on any atom is -0.478 e. The highest BCUT2D eigenvalue weighted by molar-refractivity contribution is 7.89. The Bertz CT molecular complexity index is 1080. The molecule has 0 aliphatic carbocycles. The average Bonchev–Trinajstić information content (AvgIpc) is 2.72. The minimum atomic E-state index is -3.83. The summed E-state index contributed by atoms with van der Waals surface area (Å²) in [7, 11) is -3.83. The third-order valence-corrected chi connectivity index (χ3v) is 6.86. The molecule has 0 saturated carbocycles. The Kier molecular flexibility index (Phi) is 6.37. The maximum Gasteiger partial charge on any atom is 0.335 e. The van der Waals surface area contributed by atoms with E-state index in [2.05, 4.69) is 0 Å². The van der Waals surface area contributed by atoms with Gasteiger partial charge in [0.05, 0.1) is 10.5 Å². The normalized spacial score (nSPS) is 12.7. The fourth-order valence-corrected chi connectivity index (χ4v) is 4.74. The lowest BCUT2D eigenvalue weighted by Gasteiger charge is -2.29. The summed E-state index contributed by atoms with van der Waals surface area (Å²) in [4.78, 5) is 11.2. The Balaban J connectivity index is 2.01. The number of halogens is 1. The molecule has 0 amide bonds. The van der Waals surface area contributed by atoms with Gasteiger partial charge in [-0.25, -0.2) is 13.2 Å². The molecule has 3 rings (SSSR count). The summed E-state index contributed by atoms with van der Waals surface area (Å²) in [5.41, 5.74) is 1.69. The fourth-order valence-electron chi connectivity index (χ4n) is 3.00. The Hall–Kier alpha value is -2.67. The summed E-state index contributed by atoms with van der Waals surface area (Å²) in [5.74, 6) is -1.03. The molecule has 1 atom stereocenters. The third-order valence-electron chi connectivity index (χ3n) is 4.67. The number of carboxylic acid groups (broad SMARTS) is 1. The van der Waals surface area contributed by atoms with Crippen molar-refractivity contribution in [1.82, 2.24) is 4.31 Å². The summed E-state index contributed by atoms with van der Waals surface area (Å²) >= 11 is 5.91. The van der Waals surface area contributed by atoms with E-state index in [1.807, 2.05) is 37.3 Å². The summed E-state index contributed by atoms with van der Waals surface area (Å²) < 4.78 is 28.3. The van der Waals surface area contributed by atoms with Gasteiger partial charge < -0.3 is 5.11 Å². The maximum atomic E-state index is 13.4. The largest absolute Gasteiger partial charge is 0.478 e. The van der Waals surface area contributed by atoms with Crippen LogP contribution in [0.15, 0.2) is 83.8 Å². The Labute approximate surface area is 175 Å². The Morgan fingerprint density at radius 2 is 1.55 bits per heavy atom. The molecule has 0 aliphatic heterocycles. The quantitative estimate of drug-likeness (QED) is 0.574. The molecule has 150 valence electrons. The summed E-state index contributed by atoms with van der Waals surface area (Å²) in [6.07, 6.45) is 0. The van der Waals surface area contributed by atoms with E-state index < -0.39 is 22.0 Å². The molecule has 5 nitrogen and oxygen atoms in total. The fraction of sp³-hybridized carbons (Fsp3) is 0.136. The minimum absolute atomic E-state index is 0.0981. The zero-order valence-corrected chi connectivity index (χ0v) is 17.3. The van der Waals surface area contributed by atoms with Gasteiger partial charge in [-0.15, -0.1) is 0 Å². The molecular weight excluding hydrogens is 410 g/mol. The molecule has 0 radical (unpaired) electrons. The number of hydrogen-bond donors (Lipinski definition) is 1. The van der Waals surface area contributed by atoms with Crippen molar-refractivity contribution < 1.29 is 18.3 Å². The number of carbonyl (C=O) groups is 1. The lowest BCUT2D eigenvalue weighted by atomic mass is 10.1. The van der Waals surface area contributed by atoms with Crippen LogP contribution < -0.4 is 0 Å². The highest BCUT2D eigenvalue weighted by Crippen LogP contribution is 2.30. The second-order valence-corrected chi connectivity index (χ2v) is 8.92. The van der Waals surface area contributed by atoms with Crippen LogP contribution in [0.5, 0.6) is 0 Å². The van der Waals surface area contributed by atoms with Crippen LogP contribution in [0.4, 0.5) is 0 Å². The van der Waals surface area contributed by atoms with Gasteiger partial charge in [0.25, 0.3) is 0 Å². The third kappa shape index (κ3) is 4.85. The monoisotopic (exact) mass is 429 g/mol. The predicted molar refractivity (Wildman–Crippen MR) is 112 cm³/mol. The first-order chi connectivity index (χ1) is 13.8. The second-order valence-electron chi connectivity index (χ2n) is 6.59. The van der Waals surface area contributed by atoms with E-state index in [4.69, 9.17) is 16.7 Å². The van der Waals surface area contributed by atoms with Crippen molar-refractivity contribution in [2.24, 2.45) is 0 Å². The lowest BCUT2D eigenvalue weighted by molar-refractivity contribution is 0.0697. The maximum absolute atomic E-state index is 13.4. The second kappa shape index (κ2) is 8.78. The molecule has 29 heavy (non-hydrogen) atoms. The van der Waals surface area contributed by atoms with Gasteiger partial charge in [-0.2, -0.15) is 4.31 Å². The predicted octanol–water partition coefficient (Wildman–Crippen LogP) is 4.99. The Morgan fingerprint density at radius 1 is 0.966 bits per heavy atom. The highest BCUT2D eigenvalue weighted by atomic mass is 35.5. The van der Waals surface area contributed by atoms with Crippen molar-refractivity contribution in [1.29, 1.82) is 0 Å². The number of benzene rings is 3. The first-order valence-electron chi connectivity index (χ1n) is 8.93. The number of aromatic carboxylic acids is 1. The van der Waals surface area contributed by atoms with Crippen molar-refractivity contribution in [3.8, 4) is 0 Å². The molecule has 1 N–H and O–H groups in total. The number of carboxylic acids is 1. The molecule has 0 heterocycles. The van der Waals surface area contributed by atoms with Crippen LogP contribution in [0.1, 0.15) is 34.5 Å². The van der Waals surface area contributed by atoms with E-state index in [9.17, 15) is 13.2 Å². The first-order valence-corrected chi connectivity index (χ1v) is 10.8. The standard InChI is InChI=1S/C22H20ClNO4S/c1-16(18-5-3-2-4-6-18)24(15-17-7-9-19(10-8-17)22(25)26)29(27,28)21-13-11-20(23)12-14-21/h2-14,16H,15H2,1H3,(H,25,26). The molecule has 0 aromatic heterocycles. The molecule has 0 aliphatic rings. The number of hydrogen-bond acceptors (Lipinski definition) is 3. The highest BCUT2D eigenvalue weighted by Gasteiger charge is 2.30.